The maximum Gasteiger partial charge on any atom is 0.220 e. The fourth-order valence-electron chi connectivity index (χ4n) is 13.5. The lowest BCUT2D eigenvalue weighted by Gasteiger charge is -2.48. The first-order valence-corrected chi connectivity index (χ1v) is 38.3. The SMILES string of the molecule is CCCCCCCCCCCCCCCCCCCCCCCCCCCCCCCC(O)C(COC1OC(CO)C(OC2OC(CO)C(OC3OC(CO)C(O)C(O)C3O)C(O)C2O)C(O)C1O)NC(=O)CCCCCCCCCCCCCCCCCCCC. The van der Waals surface area contributed by atoms with Crippen LogP contribution >= 0.6 is 0 Å². The summed E-state index contributed by atoms with van der Waals surface area (Å²) in [6, 6.07) is -0.882. The molecule has 3 rings (SSSR count). The van der Waals surface area contributed by atoms with E-state index < -0.39 is 124 Å². The van der Waals surface area contributed by atoms with Gasteiger partial charge in [0.2, 0.25) is 5.91 Å². The highest BCUT2D eigenvalue weighted by atomic mass is 16.8. The highest BCUT2D eigenvalue weighted by Crippen LogP contribution is 2.33. The van der Waals surface area contributed by atoms with Crippen LogP contribution in [0.3, 0.4) is 0 Å². The molecule has 0 aromatic rings. The van der Waals surface area contributed by atoms with Gasteiger partial charge in [0.25, 0.3) is 0 Å². The molecular weight excluding hydrogens is 1180 g/mol. The van der Waals surface area contributed by atoms with E-state index >= 15 is 0 Å². The Labute approximate surface area is 557 Å². The number of ether oxygens (including phenoxy) is 6. The second-order valence-corrected chi connectivity index (χ2v) is 27.8. The summed E-state index contributed by atoms with van der Waals surface area (Å²) in [6.45, 7) is 1.86. The van der Waals surface area contributed by atoms with E-state index in [1.54, 1.807) is 0 Å². The summed E-state index contributed by atoms with van der Waals surface area (Å²) in [6.07, 6.45) is 34.8. The summed E-state index contributed by atoms with van der Waals surface area (Å²) in [5, 5.41) is 121. The largest absolute Gasteiger partial charge is 0.394 e. The van der Waals surface area contributed by atoms with Gasteiger partial charge in [-0.1, -0.05) is 309 Å². The molecule has 0 radical (unpaired) electrons. The molecule has 3 aliphatic heterocycles. The molecule has 92 heavy (non-hydrogen) atoms. The fourth-order valence-corrected chi connectivity index (χ4v) is 13.5. The third-order valence-electron chi connectivity index (χ3n) is 19.7. The third kappa shape index (κ3) is 36.6. The molecule has 17 atom stereocenters. The van der Waals surface area contributed by atoms with Gasteiger partial charge in [0, 0.05) is 6.42 Å². The molecule has 19 nitrogen and oxygen atoms in total. The van der Waals surface area contributed by atoms with Crippen LogP contribution in [0.4, 0.5) is 0 Å². The maximum absolute atomic E-state index is 13.4. The Kier molecular flexibility index (Phi) is 51.4. The Morgan fingerprint density at radius 2 is 0.620 bits per heavy atom. The number of hydrogen-bond acceptors (Lipinski definition) is 18. The molecule has 0 aromatic carbocycles. The number of amides is 1. The minimum absolute atomic E-state index is 0.234. The van der Waals surface area contributed by atoms with Crippen molar-refractivity contribution in [3.8, 4) is 0 Å². The first-order valence-electron chi connectivity index (χ1n) is 38.3. The molecule has 0 bridgehead atoms. The molecule has 3 saturated heterocycles. The van der Waals surface area contributed by atoms with Gasteiger partial charge in [-0.2, -0.15) is 0 Å². The molecule has 3 heterocycles. The van der Waals surface area contributed by atoms with Crippen LogP contribution in [0.1, 0.15) is 328 Å². The number of nitrogens with one attached hydrogen (secondary N) is 1. The zero-order valence-corrected chi connectivity index (χ0v) is 58.1. The molecule has 0 aliphatic carbocycles. The number of hydrogen-bond donors (Lipinski definition) is 12. The Hall–Kier alpha value is -1.21. The van der Waals surface area contributed by atoms with Gasteiger partial charge in [-0.15, -0.1) is 0 Å². The molecule has 0 saturated carbocycles. The minimum Gasteiger partial charge on any atom is -0.394 e. The van der Waals surface area contributed by atoms with Gasteiger partial charge in [0.15, 0.2) is 18.9 Å². The van der Waals surface area contributed by atoms with Crippen LogP contribution in [-0.2, 0) is 33.2 Å². The lowest BCUT2D eigenvalue weighted by atomic mass is 9.96. The monoisotopic (exact) mass is 1320 g/mol. The first kappa shape index (κ1) is 85.0. The molecule has 12 N–H and O–H groups in total. The molecule has 1 amide bonds. The average molecular weight is 1320 g/mol. The number of aliphatic hydroxyl groups excluding tert-OH is 11. The topological polar surface area (TPSA) is 307 Å². The fraction of sp³-hybridized carbons (Fsp3) is 0.986. The molecule has 546 valence electrons. The van der Waals surface area contributed by atoms with Crippen LogP contribution in [0.5, 0.6) is 0 Å². The predicted molar refractivity (Wildman–Crippen MR) is 361 cm³/mol. The highest BCUT2D eigenvalue weighted by Gasteiger charge is 2.53. The number of carbonyl (C=O) groups excluding carboxylic acids is 1. The van der Waals surface area contributed by atoms with Crippen molar-refractivity contribution in [2.45, 2.75) is 433 Å². The van der Waals surface area contributed by atoms with E-state index in [9.17, 15) is 61.0 Å². The van der Waals surface area contributed by atoms with E-state index in [-0.39, 0.29) is 18.9 Å². The lowest BCUT2D eigenvalue weighted by molar-refractivity contribution is -0.379. The molecule has 3 fully saturated rings. The summed E-state index contributed by atoms with van der Waals surface area (Å²) in [7, 11) is 0. The van der Waals surface area contributed by atoms with E-state index in [0.29, 0.717) is 12.8 Å². The zero-order valence-electron chi connectivity index (χ0n) is 58.1. The number of carbonyl (C=O) groups is 1. The van der Waals surface area contributed by atoms with Crippen LogP contribution in [0, 0.1) is 0 Å². The van der Waals surface area contributed by atoms with Crippen molar-refractivity contribution >= 4 is 5.91 Å². The van der Waals surface area contributed by atoms with Gasteiger partial charge in [-0.05, 0) is 12.8 Å². The summed E-state index contributed by atoms with van der Waals surface area (Å²) in [5.41, 5.74) is 0. The van der Waals surface area contributed by atoms with E-state index in [1.165, 1.54) is 250 Å². The summed E-state index contributed by atoms with van der Waals surface area (Å²) >= 11 is 0. The number of rotatable bonds is 61. The normalized spacial score (nSPS) is 27.6. The molecular formula is C73H141NO18. The van der Waals surface area contributed by atoms with E-state index in [1.807, 2.05) is 0 Å². The van der Waals surface area contributed by atoms with Crippen molar-refractivity contribution in [3.05, 3.63) is 0 Å². The van der Waals surface area contributed by atoms with Gasteiger partial charge in [-0.3, -0.25) is 4.79 Å². The minimum atomic E-state index is -1.97. The van der Waals surface area contributed by atoms with Gasteiger partial charge < -0.3 is 89.9 Å². The maximum atomic E-state index is 13.4. The smallest absolute Gasteiger partial charge is 0.220 e. The van der Waals surface area contributed by atoms with E-state index in [4.69, 9.17) is 28.4 Å². The second kappa shape index (κ2) is 55.6. The van der Waals surface area contributed by atoms with Crippen molar-refractivity contribution in [2.24, 2.45) is 0 Å². The van der Waals surface area contributed by atoms with Crippen molar-refractivity contribution < 1.29 is 89.4 Å². The summed E-state index contributed by atoms with van der Waals surface area (Å²) < 4.78 is 34.5. The molecule has 0 spiro atoms. The van der Waals surface area contributed by atoms with Crippen LogP contribution in [0.2, 0.25) is 0 Å². The number of unbranched alkanes of at least 4 members (excludes halogenated alkanes) is 45. The molecule has 3 aliphatic rings. The second-order valence-electron chi connectivity index (χ2n) is 27.8. The van der Waals surface area contributed by atoms with Gasteiger partial charge in [-0.25, -0.2) is 0 Å². The quantitative estimate of drug-likeness (QED) is 0.0252. The predicted octanol–water partition coefficient (Wildman–Crippen LogP) is 11.5. The Morgan fingerprint density at radius 3 is 0.946 bits per heavy atom. The average Bonchev–Trinajstić information content (AvgIpc) is 0.857. The van der Waals surface area contributed by atoms with Crippen molar-refractivity contribution in [1.29, 1.82) is 0 Å². The van der Waals surface area contributed by atoms with Crippen LogP contribution < -0.4 is 5.32 Å². The van der Waals surface area contributed by atoms with Crippen molar-refractivity contribution in [2.75, 3.05) is 26.4 Å². The van der Waals surface area contributed by atoms with Crippen LogP contribution in [0.25, 0.3) is 0 Å². The van der Waals surface area contributed by atoms with Gasteiger partial charge >= 0.3 is 0 Å². The van der Waals surface area contributed by atoms with E-state index in [2.05, 4.69) is 19.2 Å². The molecule has 19 heteroatoms. The van der Waals surface area contributed by atoms with Crippen LogP contribution in [0.15, 0.2) is 0 Å². The Balaban J connectivity index is 1.38. The summed E-state index contributed by atoms with van der Waals surface area (Å²) in [5.74, 6) is -0.234. The van der Waals surface area contributed by atoms with Crippen LogP contribution in [-0.4, -0.2) is 193 Å². The Bertz CT molecular complexity index is 1670. The van der Waals surface area contributed by atoms with Crippen molar-refractivity contribution in [3.63, 3.8) is 0 Å². The lowest BCUT2D eigenvalue weighted by Crippen LogP contribution is -2.66. The Morgan fingerprint density at radius 1 is 0.348 bits per heavy atom. The first-order chi connectivity index (χ1) is 44.8. The number of aliphatic hydroxyl groups is 11. The molecule has 17 unspecified atom stereocenters. The zero-order chi connectivity index (χ0) is 66.8. The van der Waals surface area contributed by atoms with Crippen molar-refractivity contribution in [1.82, 2.24) is 5.32 Å². The third-order valence-corrected chi connectivity index (χ3v) is 19.7. The highest BCUT2D eigenvalue weighted by molar-refractivity contribution is 5.76. The van der Waals surface area contributed by atoms with Gasteiger partial charge in [0.05, 0.1) is 38.6 Å². The summed E-state index contributed by atoms with van der Waals surface area (Å²) in [4.78, 5) is 13.4. The standard InChI is InChI=1S/C73H141NO18/c1-3-5-7-9-11-13-15-17-19-21-23-24-25-26-27-28-29-30-31-32-33-34-36-38-40-42-44-46-48-50-57(78)56(74-61(79)51-49-47-45-43-41-39-37-35-22-20-18-16-14-12-10-8-6-4-2)55-87-71-67(85)64(82)69(59(53-76)89-71)92-73-68(86)65(83)70(60(54-77)90-73)91-72-66(84)63(81)62(80)58(52-75)88-72/h56-60,62-73,75-78,80-86H,3-55H2,1-2H3,(H,74,79). The van der Waals surface area contributed by atoms with E-state index in [0.717, 1.165) is 44.9 Å². The van der Waals surface area contributed by atoms with Gasteiger partial charge in [0.1, 0.15) is 73.2 Å². The molecule has 0 aromatic heterocycles.